The van der Waals surface area contributed by atoms with E-state index in [4.69, 9.17) is 4.42 Å². The molecule has 0 spiro atoms. The predicted octanol–water partition coefficient (Wildman–Crippen LogP) is 19.6. The van der Waals surface area contributed by atoms with E-state index in [9.17, 15) is 0 Å². The summed E-state index contributed by atoms with van der Waals surface area (Å²) >= 11 is 0. The highest BCUT2D eigenvalue weighted by Gasteiger charge is 2.16. The monoisotopic (exact) mass is 930 g/mol. The number of anilines is 3. The van der Waals surface area contributed by atoms with Gasteiger partial charge in [-0.1, -0.05) is 200 Å². The van der Waals surface area contributed by atoms with E-state index in [0.717, 1.165) is 72.5 Å². The van der Waals surface area contributed by atoms with Crippen LogP contribution >= 0.6 is 0 Å². The van der Waals surface area contributed by atoms with Crippen LogP contribution in [0.5, 0.6) is 0 Å². The summed E-state index contributed by atoms with van der Waals surface area (Å²) in [5.74, 6) is 0. The average Bonchev–Trinajstić information content (AvgIpc) is 4.01. The SMILES string of the molecule is c1cc(-c2ccc(-c3ccc(N(c4ccc(-c5ccc(-c6ccc7c(c6)oc6ccccc67)cc5)cc4)c4ccc(-c5cccc6ccccc56)cc4)cc3)cc2)cc(-n2c3ccccc3c3ccccc32)c1. The molecule has 12 aromatic carbocycles. The molecule has 3 nitrogen and oxygen atoms in total. The van der Waals surface area contributed by atoms with E-state index in [-0.39, 0.29) is 0 Å². The summed E-state index contributed by atoms with van der Waals surface area (Å²) in [4.78, 5) is 2.35. The van der Waals surface area contributed by atoms with Gasteiger partial charge in [0.05, 0.1) is 11.0 Å². The smallest absolute Gasteiger partial charge is 0.136 e. The molecule has 0 amide bonds. The lowest BCUT2D eigenvalue weighted by Gasteiger charge is -2.26. The highest BCUT2D eigenvalue weighted by Crippen LogP contribution is 2.40. The summed E-state index contributed by atoms with van der Waals surface area (Å²) in [5.41, 5.74) is 20.4. The third-order valence-electron chi connectivity index (χ3n) is 14.6. The topological polar surface area (TPSA) is 21.3 Å². The first-order valence-corrected chi connectivity index (χ1v) is 25.0. The van der Waals surface area contributed by atoms with Gasteiger partial charge >= 0.3 is 0 Å². The van der Waals surface area contributed by atoms with E-state index in [1.54, 1.807) is 0 Å². The van der Waals surface area contributed by atoms with Crippen molar-refractivity contribution >= 4 is 71.6 Å². The molecule has 0 unspecified atom stereocenters. The molecule has 0 atom stereocenters. The van der Waals surface area contributed by atoms with Crippen LogP contribution in [0.2, 0.25) is 0 Å². The van der Waals surface area contributed by atoms with E-state index in [0.29, 0.717) is 0 Å². The summed E-state index contributed by atoms with van der Waals surface area (Å²) in [6.45, 7) is 0. The van der Waals surface area contributed by atoms with Gasteiger partial charge < -0.3 is 13.9 Å². The van der Waals surface area contributed by atoms with Crippen LogP contribution in [-0.2, 0) is 0 Å². The van der Waals surface area contributed by atoms with Gasteiger partial charge in [0, 0.05) is 44.3 Å². The number of hydrogen-bond acceptors (Lipinski definition) is 2. The number of benzene rings is 12. The standard InChI is InChI=1S/C70H46N2O/c1-2-15-61-53(11-1)12-10-19-62(61)54-35-42-59(43-36-54)71(58-40-33-50(34-41-58)48-25-29-52(30-26-48)56-37-44-66-65-18-5-8-22-69(65)73-70(66)46-56)57-38-31-49(32-39-57)47-23-27-51(28-24-47)55-13-9-14-60(45-55)72-67-20-6-3-16-63(67)64-17-4-7-21-68(64)72/h1-46H. The van der Waals surface area contributed by atoms with Gasteiger partial charge in [-0.3, -0.25) is 0 Å². The Morgan fingerprint density at radius 3 is 1.26 bits per heavy atom. The van der Waals surface area contributed by atoms with Gasteiger partial charge in [0.1, 0.15) is 11.2 Å². The van der Waals surface area contributed by atoms with Crippen LogP contribution in [0.25, 0.3) is 116 Å². The number of rotatable bonds is 9. The normalized spacial score (nSPS) is 11.6. The summed E-state index contributed by atoms with van der Waals surface area (Å²) in [6.07, 6.45) is 0. The van der Waals surface area contributed by atoms with Crippen LogP contribution in [0, 0.1) is 0 Å². The number of furan rings is 1. The highest BCUT2D eigenvalue weighted by molar-refractivity contribution is 6.09. The summed E-state index contributed by atoms with van der Waals surface area (Å²) in [6, 6.07) is 101. The van der Waals surface area contributed by atoms with Crippen molar-refractivity contribution in [2.24, 2.45) is 0 Å². The Morgan fingerprint density at radius 1 is 0.260 bits per heavy atom. The lowest BCUT2D eigenvalue weighted by Crippen LogP contribution is -2.09. The molecule has 0 aliphatic heterocycles. The zero-order valence-electron chi connectivity index (χ0n) is 39.9. The molecule has 2 heterocycles. The Bertz CT molecular complexity index is 4280. The first-order chi connectivity index (χ1) is 36.2. The summed E-state index contributed by atoms with van der Waals surface area (Å²) < 4.78 is 8.59. The highest BCUT2D eigenvalue weighted by atomic mass is 16.3. The van der Waals surface area contributed by atoms with Gasteiger partial charge in [0.15, 0.2) is 0 Å². The van der Waals surface area contributed by atoms with E-state index in [1.165, 1.54) is 60.4 Å². The van der Waals surface area contributed by atoms with Crippen molar-refractivity contribution in [2.75, 3.05) is 4.90 Å². The van der Waals surface area contributed by atoms with Crippen LogP contribution < -0.4 is 4.90 Å². The second kappa shape index (κ2) is 17.6. The minimum absolute atomic E-state index is 0.907. The fourth-order valence-corrected chi connectivity index (χ4v) is 11.0. The fraction of sp³-hybridized carbons (Fsp3) is 0. The van der Waals surface area contributed by atoms with Crippen LogP contribution in [0.3, 0.4) is 0 Å². The Balaban J connectivity index is 0.762. The van der Waals surface area contributed by atoms with E-state index >= 15 is 0 Å². The predicted molar refractivity (Wildman–Crippen MR) is 307 cm³/mol. The molecule has 0 radical (unpaired) electrons. The van der Waals surface area contributed by atoms with Crippen LogP contribution in [0.1, 0.15) is 0 Å². The Hall–Kier alpha value is -9.70. The molecule has 73 heavy (non-hydrogen) atoms. The molecule has 0 N–H and O–H groups in total. The molecule has 0 aliphatic carbocycles. The van der Waals surface area contributed by atoms with Crippen molar-refractivity contribution in [2.45, 2.75) is 0 Å². The molecule has 0 fully saturated rings. The van der Waals surface area contributed by atoms with Crippen molar-refractivity contribution in [3.8, 4) is 61.3 Å². The number of para-hydroxylation sites is 3. The van der Waals surface area contributed by atoms with E-state index < -0.39 is 0 Å². The van der Waals surface area contributed by atoms with Crippen LogP contribution in [0.4, 0.5) is 17.1 Å². The molecule has 14 rings (SSSR count). The zero-order valence-corrected chi connectivity index (χ0v) is 39.9. The molecule has 0 saturated heterocycles. The van der Waals surface area contributed by atoms with Gasteiger partial charge in [-0.15, -0.1) is 0 Å². The molecule has 14 aromatic rings. The summed E-state index contributed by atoms with van der Waals surface area (Å²) in [7, 11) is 0. The minimum atomic E-state index is 0.907. The average molecular weight is 931 g/mol. The molecular weight excluding hydrogens is 885 g/mol. The lowest BCUT2D eigenvalue weighted by molar-refractivity contribution is 0.669. The van der Waals surface area contributed by atoms with Gasteiger partial charge in [-0.2, -0.15) is 0 Å². The van der Waals surface area contributed by atoms with E-state index in [1.807, 2.05) is 12.1 Å². The molecule has 3 heteroatoms. The quantitative estimate of drug-likeness (QED) is 0.144. The Morgan fingerprint density at radius 2 is 0.671 bits per heavy atom. The first-order valence-electron chi connectivity index (χ1n) is 25.0. The second-order valence-corrected chi connectivity index (χ2v) is 18.9. The number of nitrogens with zero attached hydrogens (tertiary/aromatic N) is 2. The molecule has 0 saturated carbocycles. The maximum absolute atomic E-state index is 6.21. The van der Waals surface area contributed by atoms with Gasteiger partial charge in [-0.05, 0) is 145 Å². The largest absolute Gasteiger partial charge is 0.456 e. The van der Waals surface area contributed by atoms with Crippen molar-refractivity contribution in [1.29, 1.82) is 0 Å². The maximum atomic E-state index is 6.21. The minimum Gasteiger partial charge on any atom is -0.456 e. The van der Waals surface area contributed by atoms with E-state index in [2.05, 4.69) is 276 Å². The van der Waals surface area contributed by atoms with Gasteiger partial charge in [0.25, 0.3) is 0 Å². The van der Waals surface area contributed by atoms with Crippen molar-refractivity contribution in [3.63, 3.8) is 0 Å². The first kappa shape index (κ1) is 42.2. The Kier molecular flexibility index (Phi) is 10.2. The van der Waals surface area contributed by atoms with Gasteiger partial charge in [0.2, 0.25) is 0 Å². The molecule has 2 aromatic heterocycles. The number of hydrogen-bond donors (Lipinski definition) is 0. The zero-order chi connectivity index (χ0) is 48.2. The van der Waals surface area contributed by atoms with Crippen LogP contribution in [-0.4, -0.2) is 4.57 Å². The summed E-state index contributed by atoms with van der Waals surface area (Å²) in [5, 5.41) is 7.31. The third kappa shape index (κ3) is 7.54. The maximum Gasteiger partial charge on any atom is 0.136 e. The molecule has 0 aliphatic rings. The molecular formula is C70H46N2O. The second-order valence-electron chi connectivity index (χ2n) is 18.9. The molecule has 0 bridgehead atoms. The van der Waals surface area contributed by atoms with Crippen molar-refractivity contribution in [1.82, 2.24) is 4.57 Å². The lowest BCUT2D eigenvalue weighted by atomic mass is 9.97. The molecule has 342 valence electrons. The van der Waals surface area contributed by atoms with Crippen molar-refractivity contribution < 1.29 is 4.42 Å². The van der Waals surface area contributed by atoms with Crippen molar-refractivity contribution in [3.05, 3.63) is 279 Å². The number of fused-ring (bicyclic) bond motifs is 7. The van der Waals surface area contributed by atoms with Crippen LogP contribution in [0.15, 0.2) is 283 Å². The Labute approximate surface area is 423 Å². The third-order valence-corrected chi connectivity index (χ3v) is 14.6. The fourth-order valence-electron chi connectivity index (χ4n) is 11.0. The number of aromatic nitrogens is 1. The van der Waals surface area contributed by atoms with Gasteiger partial charge in [-0.25, -0.2) is 0 Å².